The minimum atomic E-state index is 0.101. The first-order chi connectivity index (χ1) is 14.2. The number of nitrogens with one attached hydrogen (secondary N) is 1. The minimum absolute atomic E-state index is 0.101. The van der Waals surface area contributed by atoms with E-state index in [9.17, 15) is 4.79 Å². The van der Waals surface area contributed by atoms with Crippen molar-refractivity contribution in [2.24, 2.45) is 0 Å². The van der Waals surface area contributed by atoms with Crippen LogP contribution in [0.1, 0.15) is 49.5 Å². The smallest absolute Gasteiger partial charge is 0.263 e. The van der Waals surface area contributed by atoms with E-state index in [0.29, 0.717) is 12.5 Å². The van der Waals surface area contributed by atoms with Gasteiger partial charge in [-0.25, -0.2) is 4.98 Å². The van der Waals surface area contributed by atoms with Crippen LogP contribution in [-0.4, -0.2) is 22.6 Å². The molecule has 2 aliphatic rings. The summed E-state index contributed by atoms with van der Waals surface area (Å²) in [6, 6.07) is 8.54. The molecule has 5 rings (SSSR count). The lowest BCUT2D eigenvalue weighted by Gasteiger charge is -2.28. The summed E-state index contributed by atoms with van der Waals surface area (Å²) in [4.78, 5) is 22.8. The molecule has 0 radical (unpaired) electrons. The van der Waals surface area contributed by atoms with Gasteiger partial charge in [0.2, 0.25) is 5.95 Å². The van der Waals surface area contributed by atoms with E-state index >= 15 is 0 Å². The highest BCUT2D eigenvalue weighted by atomic mass is 32.1. The zero-order valence-electron chi connectivity index (χ0n) is 17.0. The zero-order chi connectivity index (χ0) is 19.8. The molecule has 5 nitrogen and oxygen atoms in total. The molecule has 0 amide bonds. The molecular weight excluding hydrogens is 380 g/mol. The Labute approximate surface area is 175 Å². The van der Waals surface area contributed by atoms with Gasteiger partial charge in [0.15, 0.2) is 0 Å². The van der Waals surface area contributed by atoms with E-state index in [2.05, 4.69) is 34.5 Å². The van der Waals surface area contributed by atoms with Crippen molar-refractivity contribution in [3.8, 4) is 0 Å². The number of hydrogen-bond acceptors (Lipinski definition) is 5. The second-order valence-electron chi connectivity index (χ2n) is 8.10. The van der Waals surface area contributed by atoms with Gasteiger partial charge in [-0.3, -0.25) is 9.36 Å². The fourth-order valence-electron chi connectivity index (χ4n) is 4.66. The first-order valence-corrected chi connectivity index (χ1v) is 11.7. The fraction of sp³-hybridized carbons (Fsp3) is 0.478. The number of rotatable bonds is 4. The van der Waals surface area contributed by atoms with Crippen LogP contribution in [0.2, 0.25) is 0 Å². The standard InChI is InChI=1S/C23H28N4OS/c1-2-27-22(28)20-18-8-4-5-9-19(18)29-21(20)25-23(27)24-16-10-12-17(13-11-16)26-14-6-3-7-15-26/h10-13H,2-9,14-15H2,1H3,(H,24,25). The Bertz CT molecular complexity index is 1080. The first-order valence-electron chi connectivity index (χ1n) is 10.9. The van der Waals surface area contributed by atoms with Crippen molar-refractivity contribution in [3.63, 3.8) is 0 Å². The summed E-state index contributed by atoms with van der Waals surface area (Å²) in [5.74, 6) is 0.648. The number of aromatic nitrogens is 2. The van der Waals surface area contributed by atoms with E-state index in [-0.39, 0.29) is 5.56 Å². The molecule has 2 aromatic heterocycles. The van der Waals surface area contributed by atoms with Crippen molar-refractivity contribution >= 4 is 38.9 Å². The van der Waals surface area contributed by atoms with Crippen LogP contribution in [0.5, 0.6) is 0 Å². The molecule has 3 heterocycles. The van der Waals surface area contributed by atoms with Crippen LogP contribution in [0.4, 0.5) is 17.3 Å². The predicted molar refractivity (Wildman–Crippen MR) is 122 cm³/mol. The average Bonchev–Trinajstić information content (AvgIpc) is 3.14. The third-order valence-corrected chi connectivity index (χ3v) is 7.42. The van der Waals surface area contributed by atoms with Crippen molar-refractivity contribution in [2.75, 3.05) is 23.3 Å². The molecule has 0 bridgehead atoms. The van der Waals surface area contributed by atoms with Crippen LogP contribution in [0.25, 0.3) is 10.2 Å². The number of anilines is 3. The third-order valence-electron chi connectivity index (χ3n) is 6.24. The molecule has 0 saturated carbocycles. The fourth-order valence-corrected chi connectivity index (χ4v) is 5.92. The summed E-state index contributed by atoms with van der Waals surface area (Å²) in [6.07, 6.45) is 8.38. The molecule has 0 unspecified atom stereocenters. The van der Waals surface area contributed by atoms with E-state index in [1.165, 1.54) is 48.2 Å². The van der Waals surface area contributed by atoms with Gasteiger partial charge in [0.05, 0.1) is 5.39 Å². The molecule has 1 aliphatic heterocycles. The highest BCUT2D eigenvalue weighted by Gasteiger charge is 2.21. The number of aryl methyl sites for hydroxylation is 2. The highest BCUT2D eigenvalue weighted by Crippen LogP contribution is 2.34. The van der Waals surface area contributed by atoms with Crippen molar-refractivity contribution in [2.45, 2.75) is 58.4 Å². The normalized spacial score (nSPS) is 16.8. The van der Waals surface area contributed by atoms with E-state index in [4.69, 9.17) is 4.98 Å². The molecule has 1 aromatic carbocycles. The number of nitrogens with zero attached hydrogens (tertiary/aromatic N) is 3. The molecule has 1 N–H and O–H groups in total. The molecule has 1 aliphatic carbocycles. The Morgan fingerprint density at radius 1 is 1.03 bits per heavy atom. The minimum Gasteiger partial charge on any atom is -0.372 e. The van der Waals surface area contributed by atoms with Gasteiger partial charge in [0.25, 0.3) is 5.56 Å². The maximum atomic E-state index is 13.2. The number of thiophene rings is 1. The summed E-state index contributed by atoms with van der Waals surface area (Å²) in [5.41, 5.74) is 3.61. The van der Waals surface area contributed by atoms with E-state index in [1.54, 1.807) is 15.9 Å². The summed E-state index contributed by atoms with van der Waals surface area (Å²) in [7, 11) is 0. The number of piperidine rings is 1. The molecule has 29 heavy (non-hydrogen) atoms. The van der Waals surface area contributed by atoms with E-state index < -0.39 is 0 Å². The Balaban J connectivity index is 1.47. The van der Waals surface area contributed by atoms with Gasteiger partial charge in [-0.15, -0.1) is 11.3 Å². The monoisotopic (exact) mass is 408 g/mol. The van der Waals surface area contributed by atoms with Crippen molar-refractivity contribution in [1.29, 1.82) is 0 Å². The highest BCUT2D eigenvalue weighted by molar-refractivity contribution is 7.18. The topological polar surface area (TPSA) is 50.2 Å². The number of fused-ring (bicyclic) bond motifs is 3. The SMILES string of the molecule is CCn1c(Nc2ccc(N3CCCCC3)cc2)nc2sc3c(c2c1=O)CCCC3. The number of benzene rings is 1. The molecular formula is C23H28N4OS. The van der Waals surface area contributed by atoms with Gasteiger partial charge in [0.1, 0.15) is 4.83 Å². The van der Waals surface area contributed by atoms with Crippen molar-refractivity contribution in [3.05, 3.63) is 45.1 Å². The summed E-state index contributed by atoms with van der Waals surface area (Å²) < 4.78 is 1.78. The van der Waals surface area contributed by atoms with Crippen LogP contribution in [0.3, 0.4) is 0 Å². The Hall–Kier alpha value is -2.34. The summed E-state index contributed by atoms with van der Waals surface area (Å²) >= 11 is 1.71. The lowest BCUT2D eigenvalue weighted by Crippen LogP contribution is -2.29. The van der Waals surface area contributed by atoms with Crippen LogP contribution in [-0.2, 0) is 19.4 Å². The maximum Gasteiger partial charge on any atom is 0.263 e. The largest absolute Gasteiger partial charge is 0.372 e. The lowest BCUT2D eigenvalue weighted by molar-refractivity contribution is 0.578. The van der Waals surface area contributed by atoms with E-state index in [0.717, 1.165) is 41.8 Å². The van der Waals surface area contributed by atoms with Gasteiger partial charge in [-0.1, -0.05) is 0 Å². The van der Waals surface area contributed by atoms with Gasteiger partial charge in [-0.05, 0) is 81.7 Å². The van der Waals surface area contributed by atoms with Crippen LogP contribution >= 0.6 is 11.3 Å². The van der Waals surface area contributed by atoms with Crippen LogP contribution < -0.4 is 15.8 Å². The number of hydrogen-bond donors (Lipinski definition) is 1. The molecule has 6 heteroatoms. The Morgan fingerprint density at radius 3 is 2.55 bits per heavy atom. The predicted octanol–water partition coefficient (Wildman–Crippen LogP) is 5.09. The molecule has 152 valence electrons. The van der Waals surface area contributed by atoms with E-state index in [1.807, 2.05) is 6.92 Å². The average molecular weight is 409 g/mol. The Kier molecular flexibility index (Phi) is 5.04. The third kappa shape index (κ3) is 3.44. The van der Waals surface area contributed by atoms with Crippen LogP contribution in [0.15, 0.2) is 29.1 Å². The van der Waals surface area contributed by atoms with Crippen LogP contribution in [0, 0.1) is 0 Å². The van der Waals surface area contributed by atoms with Gasteiger partial charge in [0, 0.05) is 35.9 Å². The molecule has 0 atom stereocenters. The molecule has 1 fully saturated rings. The second kappa shape index (κ2) is 7.82. The van der Waals surface area contributed by atoms with Crippen molar-refractivity contribution in [1.82, 2.24) is 9.55 Å². The molecule has 1 saturated heterocycles. The quantitative estimate of drug-likeness (QED) is 0.653. The Morgan fingerprint density at radius 2 is 1.79 bits per heavy atom. The first kappa shape index (κ1) is 18.7. The van der Waals surface area contributed by atoms with Crippen molar-refractivity contribution < 1.29 is 0 Å². The van der Waals surface area contributed by atoms with Gasteiger partial charge in [-0.2, -0.15) is 0 Å². The lowest BCUT2D eigenvalue weighted by atomic mass is 9.97. The molecule has 0 spiro atoms. The second-order valence-corrected chi connectivity index (χ2v) is 9.18. The summed E-state index contributed by atoms with van der Waals surface area (Å²) in [5, 5.41) is 4.27. The maximum absolute atomic E-state index is 13.2. The zero-order valence-corrected chi connectivity index (χ0v) is 17.9. The molecule has 3 aromatic rings. The summed E-state index contributed by atoms with van der Waals surface area (Å²) in [6.45, 7) is 4.91. The van der Waals surface area contributed by atoms with Gasteiger partial charge >= 0.3 is 0 Å². The van der Waals surface area contributed by atoms with Gasteiger partial charge < -0.3 is 10.2 Å².